The van der Waals surface area contributed by atoms with Crippen molar-refractivity contribution in [3.63, 3.8) is 0 Å². The zero-order valence-electron chi connectivity index (χ0n) is 18.8. The van der Waals surface area contributed by atoms with Gasteiger partial charge >= 0.3 is 0 Å². The molecule has 0 saturated carbocycles. The number of ether oxygens (including phenoxy) is 1. The minimum absolute atomic E-state index is 0.000606. The van der Waals surface area contributed by atoms with Gasteiger partial charge in [-0.25, -0.2) is 8.42 Å². The highest BCUT2D eigenvalue weighted by Crippen LogP contribution is 2.21. The molecule has 4 aromatic rings. The van der Waals surface area contributed by atoms with E-state index in [1.54, 1.807) is 43.3 Å². The van der Waals surface area contributed by atoms with Crippen LogP contribution < -0.4 is 20.3 Å². The molecule has 1 unspecified atom stereocenters. The predicted octanol–water partition coefficient (Wildman–Crippen LogP) is 3.87. The highest BCUT2D eigenvalue weighted by molar-refractivity contribution is 7.92. The topological polar surface area (TPSA) is 114 Å². The Morgan fingerprint density at radius 3 is 2.14 bits per heavy atom. The second-order valence-electron chi connectivity index (χ2n) is 7.71. The van der Waals surface area contributed by atoms with Gasteiger partial charge in [0.05, 0.1) is 4.90 Å². The van der Waals surface area contributed by atoms with Crippen molar-refractivity contribution in [2.24, 2.45) is 0 Å². The third-order valence-electron chi connectivity index (χ3n) is 5.16. The van der Waals surface area contributed by atoms with E-state index in [2.05, 4.69) is 15.6 Å². The second kappa shape index (κ2) is 10.3. The number of benzene rings is 4. The van der Waals surface area contributed by atoms with Gasteiger partial charge in [0.15, 0.2) is 6.10 Å². The van der Waals surface area contributed by atoms with E-state index in [-0.39, 0.29) is 10.5 Å². The first-order chi connectivity index (χ1) is 16.8. The van der Waals surface area contributed by atoms with Gasteiger partial charge in [-0.05, 0) is 66.2 Å². The molecule has 0 aromatic heterocycles. The molecule has 1 atom stereocenters. The van der Waals surface area contributed by atoms with Gasteiger partial charge in [-0.3, -0.25) is 25.2 Å². The fourth-order valence-electron chi connectivity index (χ4n) is 3.30. The van der Waals surface area contributed by atoms with E-state index in [1.165, 1.54) is 24.3 Å². The van der Waals surface area contributed by atoms with Gasteiger partial charge in [-0.1, -0.05) is 48.5 Å². The third kappa shape index (κ3) is 5.96. The summed E-state index contributed by atoms with van der Waals surface area (Å²) in [5.41, 5.74) is 5.23. The highest BCUT2D eigenvalue weighted by Gasteiger charge is 2.18. The Kier molecular flexibility index (Phi) is 6.98. The maximum Gasteiger partial charge on any atom is 0.279 e. The molecule has 0 spiro atoms. The molecule has 0 radical (unpaired) electrons. The first kappa shape index (κ1) is 23.8. The largest absolute Gasteiger partial charge is 0.481 e. The average molecular weight is 490 g/mol. The minimum Gasteiger partial charge on any atom is -0.481 e. The SMILES string of the molecule is CC(Oc1ccc2ccccc2c1)C(=O)NNC(=O)c1ccc(S(=O)(=O)Nc2ccccc2)cc1. The number of hydrogen-bond acceptors (Lipinski definition) is 5. The highest BCUT2D eigenvalue weighted by atomic mass is 32.2. The van der Waals surface area contributed by atoms with Crippen molar-refractivity contribution in [3.05, 3.63) is 103 Å². The molecule has 8 nitrogen and oxygen atoms in total. The summed E-state index contributed by atoms with van der Waals surface area (Å²) in [5.74, 6) is -0.618. The minimum atomic E-state index is -3.80. The number of anilines is 1. The summed E-state index contributed by atoms with van der Waals surface area (Å²) in [6.45, 7) is 1.57. The zero-order chi connectivity index (χ0) is 24.8. The summed E-state index contributed by atoms with van der Waals surface area (Å²) in [7, 11) is -3.80. The first-order valence-electron chi connectivity index (χ1n) is 10.8. The van der Waals surface area contributed by atoms with Gasteiger partial charge < -0.3 is 4.74 Å². The number of nitrogens with one attached hydrogen (secondary N) is 3. The number of hydrogen-bond donors (Lipinski definition) is 3. The van der Waals surface area contributed by atoms with Crippen LogP contribution >= 0.6 is 0 Å². The van der Waals surface area contributed by atoms with E-state index in [0.717, 1.165) is 10.8 Å². The third-order valence-corrected chi connectivity index (χ3v) is 6.55. The molecule has 0 saturated heterocycles. The average Bonchev–Trinajstić information content (AvgIpc) is 2.87. The molecule has 0 fully saturated rings. The van der Waals surface area contributed by atoms with Crippen molar-refractivity contribution in [1.82, 2.24) is 10.9 Å². The van der Waals surface area contributed by atoms with Crippen LogP contribution in [0.2, 0.25) is 0 Å². The van der Waals surface area contributed by atoms with E-state index in [1.807, 2.05) is 36.4 Å². The van der Waals surface area contributed by atoms with Crippen LogP contribution in [0.3, 0.4) is 0 Å². The van der Waals surface area contributed by atoms with Crippen molar-refractivity contribution in [2.75, 3.05) is 4.72 Å². The summed E-state index contributed by atoms with van der Waals surface area (Å²) < 4.78 is 33.2. The van der Waals surface area contributed by atoms with Gasteiger partial charge in [0.1, 0.15) is 5.75 Å². The molecule has 0 aliphatic heterocycles. The second-order valence-corrected chi connectivity index (χ2v) is 9.39. The molecule has 4 aromatic carbocycles. The lowest BCUT2D eigenvalue weighted by Crippen LogP contribution is -2.47. The summed E-state index contributed by atoms with van der Waals surface area (Å²) in [5, 5.41) is 2.04. The maximum atomic E-state index is 12.5. The lowest BCUT2D eigenvalue weighted by Gasteiger charge is -2.15. The Hall–Kier alpha value is -4.37. The number of carbonyl (C=O) groups is 2. The molecule has 0 aliphatic rings. The van der Waals surface area contributed by atoms with Crippen LogP contribution in [0.25, 0.3) is 10.8 Å². The van der Waals surface area contributed by atoms with Crippen molar-refractivity contribution in [3.8, 4) is 5.75 Å². The molecular weight excluding hydrogens is 466 g/mol. The Labute approximate surface area is 203 Å². The van der Waals surface area contributed by atoms with Crippen LogP contribution in [0.4, 0.5) is 5.69 Å². The quantitative estimate of drug-likeness (QED) is 0.341. The number of carbonyl (C=O) groups excluding carboxylic acids is 2. The molecule has 9 heteroatoms. The molecule has 0 bridgehead atoms. The van der Waals surface area contributed by atoms with Crippen LogP contribution in [0.1, 0.15) is 17.3 Å². The Morgan fingerprint density at radius 1 is 0.771 bits per heavy atom. The van der Waals surface area contributed by atoms with Gasteiger partial charge in [0.2, 0.25) is 0 Å². The van der Waals surface area contributed by atoms with Crippen LogP contribution in [0, 0.1) is 0 Å². The van der Waals surface area contributed by atoms with Gasteiger partial charge in [-0.2, -0.15) is 0 Å². The maximum absolute atomic E-state index is 12.5. The zero-order valence-corrected chi connectivity index (χ0v) is 19.6. The lowest BCUT2D eigenvalue weighted by atomic mass is 10.1. The number of sulfonamides is 1. The summed E-state index contributed by atoms with van der Waals surface area (Å²) in [4.78, 5) is 24.8. The fourth-order valence-corrected chi connectivity index (χ4v) is 4.35. The summed E-state index contributed by atoms with van der Waals surface area (Å²) >= 11 is 0. The van der Waals surface area contributed by atoms with Crippen LogP contribution in [-0.4, -0.2) is 26.3 Å². The van der Waals surface area contributed by atoms with E-state index >= 15 is 0 Å². The fraction of sp³-hybridized carbons (Fsp3) is 0.0769. The molecule has 178 valence electrons. The van der Waals surface area contributed by atoms with Crippen LogP contribution in [-0.2, 0) is 14.8 Å². The smallest absolute Gasteiger partial charge is 0.279 e. The van der Waals surface area contributed by atoms with E-state index in [4.69, 9.17) is 4.74 Å². The Balaban J connectivity index is 1.32. The Bertz CT molecular complexity index is 1460. The lowest BCUT2D eigenvalue weighted by molar-refractivity contribution is -0.128. The van der Waals surface area contributed by atoms with Crippen LogP contribution in [0.5, 0.6) is 5.75 Å². The number of hydrazine groups is 1. The molecule has 3 N–H and O–H groups in total. The van der Waals surface area contributed by atoms with Gasteiger partial charge in [0.25, 0.3) is 21.8 Å². The normalized spacial score (nSPS) is 11.9. The number of amides is 2. The molecule has 0 heterocycles. The number of fused-ring (bicyclic) bond motifs is 1. The Morgan fingerprint density at radius 2 is 1.43 bits per heavy atom. The van der Waals surface area contributed by atoms with E-state index in [9.17, 15) is 18.0 Å². The van der Waals surface area contributed by atoms with Crippen LogP contribution in [0.15, 0.2) is 102 Å². The van der Waals surface area contributed by atoms with Gasteiger partial charge in [-0.15, -0.1) is 0 Å². The first-order valence-corrected chi connectivity index (χ1v) is 12.2. The monoisotopic (exact) mass is 489 g/mol. The molecule has 0 aliphatic carbocycles. The van der Waals surface area contributed by atoms with Gasteiger partial charge in [0, 0.05) is 11.3 Å². The molecule has 4 rings (SSSR count). The summed E-state index contributed by atoms with van der Waals surface area (Å²) in [6, 6.07) is 27.1. The number of rotatable bonds is 7. The van der Waals surface area contributed by atoms with E-state index in [0.29, 0.717) is 11.4 Å². The standard InChI is InChI=1S/C26H23N3O5S/c1-18(34-23-14-11-19-7-5-6-8-21(19)17-23)25(30)27-28-26(31)20-12-15-24(16-13-20)35(32,33)29-22-9-3-2-4-10-22/h2-18,29H,1H3,(H,27,30)(H,28,31). The van der Waals surface area contributed by atoms with E-state index < -0.39 is 27.9 Å². The van der Waals surface area contributed by atoms with Crippen molar-refractivity contribution >= 4 is 38.3 Å². The molecule has 35 heavy (non-hydrogen) atoms. The predicted molar refractivity (Wildman–Crippen MR) is 133 cm³/mol. The molecular formula is C26H23N3O5S. The van der Waals surface area contributed by atoms with Crippen molar-refractivity contribution in [1.29, 1.82) is 0 Å². The van der Waals surface area contributed by atoms with Crippen molar-refractivity contribution in [2.45, 2.75) is 17.9 Å². The summed E-state index contributed by atoms with van der Waals surface area (Å²) in [6.07, 6.45) is -0.868. The number of para-hydroxylation sites is 1. The molecule has 2 amide bonds. The van der Waals surface area contributed by atoms with Crippen molar-refractivity contribution < 1.29 is 22.7 Å².